The van der Waals surface area contributed by atoms with Crippen molar-refractivity contribution in [3.05, 3.63) is 82.0 Å². The quantitative estimate of drug-likeness (QED) is 0.673. The van der Waals surface area contributed by atoms with E-state index >= 15 is 0 Å². The highest BCUT2D eigenvalue weighted by Crippen LogP contribution is 2.35. The number of rotatable bonds is 6. The van der Waals surface area contributed by atoms with Crippen LogP contribution in [0.1, 0.15) is 33.3 Å². The van der Waals surface area contributed by atoms with Gasteiger partial charge in [0.25, 0.3) is 5.91 Å². The van der Waals surface area contributed by atoms with Crippen molar-refractivity contribution in [3.63, 3.8) is 0 Å². The van der Waals surface area contributed by atoms with Crippen molar-refractivity contribution in [2.24, 2.45) is 0 Å². The smallest absolute Gasteiger partial charge is 0.255 e. The number of carbonyl (C=O) groups is 2. The van der Waals surface area contributed by atoms with E-state index in [2.05, 4.69) is 5.32 Å². The second-order valence-corrected chi connectivity index (χ2v) is 7.58. The van der Waals surface area contributed by atoms with Gasteiger partial charge in [-0.05, 0) is 47.3 Å². The van der Waals surface area contributed by atoms with E-state index in [0.717, 1.165) is 21.8 Å². The maximum Gasteiger partial charge on any atom is 0.255 e. The number of carbonyl (C=O) groups excluding carboxylic acids is 2. The standard InChI is InChI=1S/C22H20N2O3S/c1-27-17-10-8-16(9-11-17)23-21(25)13-19(20-7-4-12-28-20)24-14-15-5-2-3-6-18(15)22(24)26/h2-12,19H,13-14H2,1H3,(H,23,25)/t19-/m0/s1. The first kappa shape index (κ1) is 18.3. The molecule has 2 amide bonds. The van der Waals surface area contributed by atoms with E-state index < -0.39 is 0 Å². The van der Waals surface area contributed by atoms with Crippen molar-refractivity contribution in [2.75, 3.05) is 12.4 Å². The fourth-order valence-electron chi connectivity index (χ4n) is 3.44. The van der Waals surface area contributed by atoms with Crippen LogP contribution in [-0.2, 0) is 11.3 Å². The Morgan fingerprint density at radius 3 is 2.61 bits per heavy atom. The van der Waals surface area contributed by atoms with E-state index in [1.807, 2.05) is 41.8 Å². The second kappa shape index (κ2) is 7.86. The highest BCUT2D eigenvalue weighted by molar-refractivity contribution is 7.10. The number of methoxy groups -OCH3 is 1. The molecule has 0 spiro atoms. The van der Waals surface area contributed by atoms with Gasteiger partial charge < -0.3 is 15.0 Å². The third-order valence-corrected chi connectivity index (χ3v) is 5.82. The summed E-state index contributed by atoms with van der Waals surface area (Å²) in [6.45, 7) is 0.521. The van der Waals surface area contributed by atoms with Crippen LogP contribution in [0.5, 0.6) is 5.75 Å². The molecular weight excluding hydrogens is 372 g/mol. The van der Waals surface area contributed by atoms with E-state index in [4.69, 9.17) is 4.74 Å². The number of amides is 2. The van der Waals surface area contributed by atoms with Crippen molar-refractivity contribution >= 4 is 28.8 Å². The summed E-state index contributed by atoms with van der Waals surface area (Å²) in [5.74, 6) is 0.577. The van der Waals surface area contributed by atoms with Crippen LogP contribution in [-0.4, -0.2) is 23.8 Å². The molecule has 0 aliphatic carbocycles. The number of hydrogen-bond acceptors (Lipinski definition) is 4. The van der Waals surface area contributed by atoms with Crippen LogP contribution in [0, 0.1) is 0 Å². The molecule has 6 heteroatoms. The van der Waals surface area contributed by atoms with Gasteiger partial charge in [0.1, 0.15) is 5.75 Å². The molecule has 1 atom stereocenters. The summed E-state index contributed by atoms with van der Waals surface area (Å²) in [6.07, 6.45) is 0.201. The van der Waals surface area contributed by atoms with Gasteiger partial charge in [-0.25, -0.2) is 0 Å². The number of hydrogen-bond donors (Lipinski definition) is 1. The summed E-state index contributed by atoms with van der Waals surface area (Å²) in [7, 11) is 1.60. The van der Waals surface area contributed by atoms with Gasteiger partial charge in [-0.1, -0.05) is 24.3 Å². The van der Waals surface area contributed by atoms with Crippen LogP contribution in [0.4, 0.5) is 5.69 Å². The average molecular weight is 392 g/mol. The second-order valence-electron chi connectivity index (χ2n) is 6.60. The predicted octanol–water partition coefficient (Wildman–Crippen LogP) is 4.48. The van der Waals surface area contributed by atoms with Crippen molar-refractivity contribution < 1.29 is 14.3 Å². The molecule has 1 aliphatic heterocycles. The summed E-state index contributed by atoms with van der Waals surface area (Å²) in [4.78, 5) is 28.5. The largest absolute Gasteiger partial charge is 0.497 e. The minimum absolute atomic E-state index is 0.0220. The summed E-state index contributed by atoms with van der Waals surface area (Å²) in [6, 6.07) is 18.5. The molecule has 0 radical (unpaired) electrons. The lowest BCUT2D eigenvalue weighted by atomic mass is 10.1. The number of anilines is 1. The molecule has 1 aliphatic rings. The first-order valence-electron chi connectivity index (χ1n) is 9.02. The Balaban J connectivity index is 1.53. The van der Waals surface area contributed by atoms with Gasteiger partial charge >= 0.3 is 0 Å². The Hall–Kier alpha value is -3.12. The highest BCUT2D eigenvalue weighted by atomic mass is 32.1. The molecule has 4 rings (SSSR count). The summed E-state index contributed by atoms with van der Waals surface area (Å²) in [5.41, 5.74) is 2.43. The zero-order chi connectivity index (χ0) is 19.5. The fraction of sp³-hybridized carbons (Fsp3) is 0.182. The van der Waals surface area contributed by atoms with E-state index in [0.29, 0.717) is 12.2 Å². The van der Waals surface area contributed by atoms with Crippen LogP contribution in [0.25, 0.3) is 0 Å². The molecule has 142 valence electrons. The fourth-order valence-corrected chi connectivity index (χ4v) is 4.27. The van der Waals surface area contributed by atoms with Gasteiger partial charge in [-0.15, -0.1) is 11.3 Å². The monoisotopic (exact) mass is 392 g/mol. The predicted molar refractivity (Wildman–Crippen MR) is 110 cm³/mol. The van der Waals surface area contributed by atoms with Gasteiger partial charge in [0.15, 0.2) is 0 Å². The van der Waals surface area contributed by atoms with Crippen LogP contribution in [0.3, 0.4) is 0 Å². The van der Waals surface area contributed by atoms with Crippen molar-refractivity contribution in [3.8, 4) is 5.75 Å². The maximum absolute atomic E-state index is 12.9. The molecule has 0 bridgehead atoms. The molecule has 0 saturated carbocycles. The number of fused-ring (bicyclic) bond motifs is 1. The van der Waals surface area contributed by atoms with Crippen molar-refractivity contribution in [1.82, 2.24) is 4.90 Å². The lowest BCUT2D eigenvalue weighted by Crippen LogP contribution is -2.31. The molecule has 0 fully saturated rings. The molecular formula is C22H20N2O3S. The SMILES string of the molecule is COc1ccc(NC(=O)C[C@@H](c2cccs2)N2Cc3ccccc3C2=O)cc1. The lowest BCUT2D eigenvalue weighted by Gasteiger charge is -2.26. The number of ether oxygens (including phenoxy) is 1. The molecule has 1 aromatic heterocycles. The molecule has 0 unspecified atom stereocenters. The summed E-state index contributed by atoms with van der Waals surface area (Å²) in [5, 5.41) is 4.89. The Bertz CT molecular complexity index is 983. The lowest BCUT2D eigenvalue weighted by molar-refractivity contribution is -0.117. The Morgan fingerprint density at radius 1 is 1.14 bits per heavy atom. The first-order chi connectivity index (χ1) is 13.7. The molecule has 1 N–H and O–H groups in total. The summed E-state index contributed by atoms with van der Waals surface area (Å²) >= 11 is 1.56. The normalized spacial score (nSPS) is 13.9. The average Bonchev–Trinajstić information content (AvgIpc) is 3.36. The summed E-state index contributed by atoms with van der Waals surface area (Å²) < 4.78 is 5.14. The molecule has 28 heavy (non-hydrogen) atoms. The van der Waals surface area contributed by atoms with Crippen LogP contribution in [0.15, 0.2) is 66.0 Å². The third-order valence-electron chi connectivity index (χ3n) is 4.85. The minimum atomic E-state index is -0.293. The van der Waals surface area contributed by atoms with Gasteiger partial charge in [0.2, 0.25) is 5.91 Å². The van der Waals surface area contributed by atoms with E-state index in [9.17, 15) is 9.59 Å². The van der Waals surface area contributed by atoms with Crippen LogP contribution < -0.4 is 10.1 Å². The van der Waals surface area contributed by atoms with Crippen molar-refractivity contribution in [1.29, 1.82) is 0 Å². The highest BCUT2D eigenvalue weighted by Gasteiger charge is 2.34. The number of thiophene rings is 1. The molecule has 2 aromatic carbocycles. The number of nitrogens with one attached hydrogen (secondary N) is 1. The zero-order valence-corrected chi connectivity index (χ0v) is 16.2. The maximum atomic E-state index is 12.9. The molecule has 0 saturated heterocycles. The van der Waals surface area contributed by atoms with E-state index in [-0.39, 0.29) is 24.3 Å². The topological polar surface area (TPSA) is 58.6 Å². The van der Waals surface area contributed by atoms with Crippen LogP contribution >= 0.6 is 11.3 Å². The molecule has 2 heterocycles. The number of benzene rings is 2. The van der Waals surface area contributed by atoms with Crippen molar-refractivity contribution in [2.45, 2.75) is 19.0 Å². The van der Waals surface area contributed by atoms with Gasteiger partial charge in [-0.3, -0.25) is 9.59 Å². The molecule has 3 aromatic rings. The van der Waals surface area contributed by atoms with Gasteiger partial charge in [-0.2, -0.15) is 0 Å². The van der Waals surface area contributed by atoms with E-state index in [1.54, 1.807) is 47.6 Å². The Kier molecular flexibility index (Phi) is 5.12. The van der Waals surface area contributed by atoms with Gasteiger partial charge in [0, 0.05) is 22.7 Å². The van der Waals surface area contributed by atoms with E-state index in [1.165, 1.54) is 0 Å². The number of nitrogens with zero attached hydrogens (tertiary/aromatic N) is 1. The van der Waals surface area contributed by atoms with Crippen LogP contribution in [0.2, 0.25) is 0 Å². The third kappa shape index (κ3) is 3.64. The first-order valence-corrected chi connectivity index (χ1v) is 9.90. The minimum Gasteiger partial charge on any atom is -0.497 e. The van der Waals surface area contributed by atoms with Gasteiger partial charge in [0.05, 0.1) is 19.6 Å². The zero-order valence-electron chi connectivity index (χ0n) is 15.4. The Labute approximate surface area is 167 Å². The molecule has 5 nitrogen and oxygen atoms in total. The Morgan fingerprint density at radius 2 is 1.93 bits per heavy atom.